The van der Waals surface area contributed by atoms with Crippen LogP contribution in [-0.4, -0.2) is 21.3 Å². The van der Waals surface area contributed by atoms with E-state index in [0.717, 1.165) is 40.7 Å². The van der Waals surface area contributed by atoms with E-state index in [9.17, 15) is 0 Å². The first kappa shape index (κ1) is 35.8. The fraction of sp³-hybridized carbons (Fsp3) is 0.130. The van der Waals surface area contributed by atoms with Gasteiger partial charge in [0.25, 0.3) is 0 Å². The molecule has 3 nitrogen and oxygen atoms in total. The normalized spacial score (nSPS) is 10.2. The van der Waals surface area contributed by atoms with E-state index < -0.39 is 0 Å². The molecule has 0 heterocycles. The second-order valence-electron chi connectivity index (χ2n) is 11.8. The minimum atomic E-state index is 0.688. The van der Waals surface area contributed by atoms with Gasteiger partial charge in [-0.25, -0.2) is 0 Å². The zero-order valence-corrected chi connectivity index (χ0v) is 29.6. The Morgan fingerprint density at radius 2 is 0.780 bits per heavy atom. The summed E-state index contributed by atoms with van der Waals surface area (Å²) in [6.45, 7) is 0. The van der Waals surface area contributed by atoms with Gasteiger partial charge >= 0.3 is 0 Å². The smallest absolute Gasteiger partial charge is 0.118 e. The molecule has 0 aromatic heterocycles. The largest absolute Gasteiger partial charge is 0.497 e. The first-order valence-corrected chi connectivity index (χ1v) is 17.0. The standard InChI is InChI=1S/C26H27ClO3.C20H16/c1-28-23-10-4-19(5-11-23)16-22(17-20-6-12-24(29-2)13-7-20)26(27)18-21-8-14-25(30-3)15-9-21;1-4-10-17(11-5-1)16-20(18-12-6-2-7-13-18)19-14-8-3-9-15-19/h4-15H,16-18H2,1-3H3;1-16H. The van der Waals surface area contributed by atoms with Crippen LogP contribution in [0.25, 0.3) is 11.6 Å². The maximum Gasteiger partial charge on any atom is 0.118 e. The molecule has 0 saturated carbocycles. The highest BCUT2D eigenvalue weighted by Gasteiger charge is 2.10. The molecule has 4 heteroatoms. The summed E-state index contributed by atoms with van der Waals surface area (Å²) in [6, 6.07) is 55.8. The van der Waals surface area contributed by atoms with Crippen LogP contribution in [0.2, 0.25) is 0 Å². The number of benzene rings is 6. The van der Waals surface area contributed by atoms with Gasteiger partial charge in [-0.2, -0.15) is 0 Å². The van der Waals surface area contributed by atoms with Gasteiger partial charge in [-0.1, -0.05) is 139 Å². The fourth-order valence-electron chi connectivity index (χ4n) is 5.57. The Morgan fingerprint density at radius 3 is 1.14 bits per heavy atom. The first-order chi connectivity index (χ1) is 24.5. The molecule has 0 aliphatic heterocycles. The number of ether oxygens (including phenoxy) is 3. The molecule has 0 aliphatic carbocycles. The van der Waals surface area contributed by atoms with Crippen LogP contribution in [0, 0.1) is 0 Å². The summed E-state index contributed by atoms with van der Waals surface area (Å²) in [5.74, 6) is 2.54. The van der Waals surface area contributed by atoms with Gasteiger partial charge in [0.1, 0.15) is 17.2 Å². The number of hydrogen-bond acceptors (Lipinski definition) is 3. The first-order valence-electron chi connectivity index (χ1n) is 16.7. The van der Waals surface area contributed by atoms with E-state index in [4.69, 9.17) is 25.8 Å². The van der Waals surface area contributed by atoms with Gasteiger partial charge in [-0.3, -0.25) is 0 Å². The van der Waals surface area contributed by atoms with Crippen molar-refractivity contribution >= 4 is 23.3 Å². The van der Waals surface area contributed by atoms with Crippen molar-refractivity contribution in [3.63, 3.8) is 0 Å². The maximum atomic E-state index is 6.87. The summed E-state index contributed by atoms with van der Waals surface area (Å²) in [4.78, 5) is 0. The van der Waals surface area contributed by atoms with Crippen molar-refractivity contribution in [3.05, 3.63) is 208 Å². The van der Waals surface area contributed by atoms with Crippen LogP contribution >= 0.6 is 11.6 Å². The minimum absolute atomic E-state index is 0.688. The predicted molar refractivity (Wildman–Crippen MR) is 209 cm³/mol. The van der Waals surface area contributed by atoms with Gasteiger partial charge in [-0.15, -0.1) is 0 Å². The number of hydrogen-bond donors (Lipinski definition) is 0. The lowest BCUT2D eigenvalue weighted by molar-refractivity contribution is 0.414. The Kier molecular flexibility index (Phi) is 13.5. The van der Waals surface area contributed by atoms with Crippen molar-refractivity contribution in [2.24, 2.45) is 0 Å². The fourth-order valence-corrected chi connectivity index (χ4v) is 5.85. The van der Waals surface area contributed by atoms with Crippen LogP contribution in [0.5, 0.6) is 17.2 Å². The molecule has 252 valence electrons. The molecule has 6 rings (SSSR count). The predicted octanol–water partition coefficient (Wildman–Crippen LogP) is 11.5. The van der Waals surface area contributed by atoms with Crippen LogP contribution in [0.15, 0.2) is 174 Å². The molecule has 0 saturated heterocycles. The number of allylic oxidation sites excluding steroid dienone is 2. The van der Waals surface area contributed by atoms with E-state index in [-0.39, 0.29) is 0 Å². The summed E-state index contributed by atoms with van der Waals surface area (Å²) in [5.41, 5.74) is 9.70. The maximum absolute atomic E-state index is 6.87. The van der Waals surface area contributed by atoms with Crippen LogP contribution in [0.4, 0.5) is 0 Å². The zero-order valence-electron chi connectivity index (χ0n) is 28.9. The van der Waals surface area contributed by atoms with E-state index in [2.05, 4.69) is 127 Å². The summed E-state index contributed by atoms with van der Waals surface area (Å²) >= 11 is 6.87. The van der Waals surface area contributed by atoms with E-state index in [1.54, 1.807) is 21.3 Å². The Labute approximate surface area is 302 Å². The molecule has 0 aliphatic rings. The summed E-state index contributed by atoms with van der Waals surface area (Å²) in [5, 5.41) is 0.867. The third-order valence-electron chi connectivity index (χ3n) is 8.34. The SMILES string of the molecule is C(=C(c1ccccc1)c1ccccc1)c1ccccc1.COc1ccc(CC(Cl)=C(Cc2ccc(OC)cc2)Cc2ccc(OC)cc2)cc1. The van der Waals surface area contributed by atoms with Crippen molar-refractivity contribution in [2.75, 3.05) is 21.3 Å². The van der Waals surface area contributed by atoms with Crippen molar-refractivity contribution in [2.45, 2.75) is 19.3 Å². The van der Waals surface area contributed by atoms with E-state index in [1.165, 1.54) is 39.0 Å². The zero-order chi connectivity index (χ0) is 35.0. The molecular formula is C46H43ClO3. The Hall–Kier alpha value is -5.51. The Balaban J connectivity index is 0.000000210. The molecule has 6 aromatic carbocycles. The molecule has 6 aromatic rings. The third-order valence-corrected chi connectivity index (χ3v) is 8.74. The lowest BCUT2D eigenvalue weighted by Crippen LogP contribution is -2.01. The van der Waals surface area contributed by atoms with Crippen molar-refractivity contribution < 1.29 is 14.2 Å². The second kappa shape index (κ2) is 18.9. The van der Waals surface area contributed by atoms with Gasteiger partial charge in [0.05, 0.1) is 21.3 Å². The topological polar surface area (TPSA) is 27.7 Å². The van der Waals surface area contributed by atoms with Crippen LogP contribution in [-0.2, 0) is 19.3 Å². The van der Waals surface area contributed by atoms with Gasteiger partial charge in [-0.05, 0) is 99.8 Å². The molecule has 0 unspecified atom stereocenters. The summed E-state index contributed by atoms with van der Waals surface area (Å²) < 4.78 is 15.8. The quantitative estimate of drug-likeness (QED) is 0.121. The van der Waals surface area contributed by atoms with E-state index in [0.29, 0.717) is 6.42 Å². The molecule has 0 radical (unpaired) electrons. The number of methoxy groups -OCH3 is 3. The van der Waals surface area contributed by atoms with Gasteiger partial charge in [0, 0.05) is 11.5 Å². The molecule has 0 atom stereocenters. The van der Waals surface area contributed by atoms with Crippen LogP contribution in [0.1, 0.15) is 33.4 Å². The van der Waals surface area contributed by atoms with Crippen molar-refractivity contribution in [1.29, 1.82) is 0 Å². The van der Waals surface area contributed by atoms with Crippen molar-refractivity contribution in [3.8, 4) is 17.2 Å². The molecule has 0 spiro atoms. The molecule has 50 heavy (non-hydrogen) atoms. The Morgan fingerprint density at radius 1 is 0.440 bits per heavy atom. The molecule has 0 amide bonds. The van der Waals surface area contributed by atoms with E-state index in [1.807, 2.05) is 42.5 Å². The highest BCUT2D eigenvalue weighted by atomic mass is 35.5. The summed E-state index contributed by atoms with van der Waals surface area (Å²) in [7, 11) is 5.02. The van der Waals surface area contributed by atoms with E-state index >= 15 is 0 Å². The van der Waals surface area contributed by atoms with Gasteiger partial charge in [0.15, 0.2) is 0 Å². The lowest BCUT2D eigenvalue weighted by atomic mass is 9.96. The molecule has 0 bridgehead atoms. The van der Waals surface area contributed by atoms with Gasteiger partial charge < -0.3 is 14.2 Å². The average molecular weight is 679 g/mol. The molecule has 0 N–H and O–H groups in total. The molecule has 0 fully saturated rings. The molecular weight excluding hydrogens is 636 g/mol. The lowest BCUT2D eigenvalue weighted by Gasteiger charge is -2.13. The second-order valence-corrected chi connectivity index (χ2v) is 12.2. The van der Waals surface area contributed by atoms with Crippen LogP contribution < -0.4 is 14.2 Å². The summed E-state index contributed by atoms with van der Waals surface area (Å²) in [6.07, 6.45) is 4.49. The highest BCUT2D eigenvalue weighted by Crippen LogP contribution is 2.27. The number of halogens is 1. The average Bonchev–Trinajstić information content (AvgIpc) is 3.19. The van der Waals surface area contributed by atoms with Crippen molar-refractivity contribution in [1.82, 2.24) is 0 Å². The minimum Gasteiger partial charge on any atom is -0.497 e. The Bertz CT molecular complexity index is 1840. The monoisotopic (exact) mass is 678 g/mol. The third kappa shape index (κ3) is 10.7. The van der Waals surface area contributed by atoms with Gasteiger partial charge in [0.2, 0.25) is 0 Å². The van der Waals surface area contributed by atoms with Crippen LogP contribution in [0.3, 0.4) is 0 Å². The number of rotatable bonds is 12. The highest BCUT2D eigenvalue weighted by molar-refractivity contribution is 6.30.